The molecule has 0 atom stereocenters. The van der Waals surface area contributed by atoms with E-state index in [0.29, 0.717) is 30.2 Å². The summed E-state index contributed by atoms with van der Waals surface area (Å²) in [6, 6.07) is 6.50. The molecule has 1 saturated heterocycles. The van der Waals surface area contributed by atoms with Crippen LogP contribution in [0, 0.1) is 19.7 Å². The zero-order chi connectivity index (χ0) is 19.7. The Kier molecular flexibility index (Phi) is 5.13. The van der Waals surface area contributed by atoms with Crippen molar-refractivity contribution in [1.29, 1.82) is 0 Å². The molecule has 8 heteroatoms. The number of carbonyl (C=O) groups is 1. The predicted molar refractivity (Wildman–Crippen MR) is 106 cm³/mol. The van der Waals surface area contributed by atoms with E-state index >= 15 is 0 Å². The van der Waals surface area contributed by atoms with Gasteiger partial charge in [-0.2, -0.15) is 0 Å². The van der Waals surface area contributed by atoms with Crippen LogP contribution >= 0.6 is 11.3 Å². The first kappa shape index (κ1) is 18.6. The minimum absolute atomic E-state index is 0.177. The van der Waals surface area contributed by atoms with Crippen molar-refractivity contribution in [2.24, 2.45) is 0 Å². The highest BCUT2D eigenvalue weighted by Crippen LogP contribution is 2.33. The van der Waals surface area contributed by atoms with Gasteiger partial charge in [-0.3, -0.25) is 5.32 Å². The second-order valence-corrected chi connectivity index (χ2v) is 7.85. The average Bonchev–Trinajstić information content (AvgIpc) is 3.31. The smallest absolute Gasteiger partial charge is 0.324 e. The van der Waals surface area contributed by atoms with Gasteiger partial charge in [0.15, 0.2) is 0 Å². The molecule has 1 fully saturated rings. The number of thiazole rings is 1. The number of benzene rings is 1. The number of anilines is 1. The third-order valence-electron chi connectivity index (χ3n) is 5.18. The van der Waals surface area contributed by atoms with Gasteiger partial charge in [-0.25, -0.2) is 14.2 Å². The molecule has 3 aromatic rings. The predicted octanol–water partition coefficient (Wildman–Crippen LogP) is 4.97. The molecule has 1 N–H and O–H groups in total. The van der Waals surface area contributed by atoms with Crippen molar-refractivity contribution >= 4 is 23.3 Å². The summed E-state index contributed by atoms with van der Waals surface area (Å²) in [4.78, 5) is 18.9. The number of hydrogen-bond donors (Lipinski definition) is 1. The number of rotatable bonds is 3. The van der Waals surface area contributed by atoms with E-state index in [1.54, 1.807) is 28.4 Å². The third kappa shape index (κ3) is 3.64. The second kappa shape index (κ2) is 7.71. The normalized spacial score (nSPS) is 15.0. The van der Waals surface area contributed by atoms with Gasteiger partial charge in [0.1, 0.15) is 5.82 Å². The lowest BCUT2D eigenvalue weighted by molar-refractivity contribution is 0.193. The molecule has 3 heterocycles. The molecule has 28 heavy (non-hydrogen) atoms. The number of hydrogen-bond acceptors (Lipinski definition) is 5. The van der Waals surface area contributed by atoms with Gasteiger partial charge in [0.25, 0.3) is 0 Å². The minimum atomic E-state index is -0.260. The Morgan fingerprint density at radius 2 is 2.04 bits per heavy atom. The monoisotopic (exact) mass is 400 g/mol. The zero-order valence-corrected chi connectivity index (χ0v) is 16.6. The van der Waals surface area contributed by atoms with Crippen molar-refractivity contribution in [2.45, 2.75) is 32.6 Å². The van der Waals surface area contributed by atoms with E-state index in [4.69, 9.17) is 4.52 Å². The molecule has 146 valence electrons. The first-order valence-corrected chi connectivity index (χ1v) is 10.1. The Bertz CT molecular complexity index is 992. The van der Waals surface area contributed by atoms with Crippen LogP contribution in [0.2, 0.25) is 0 Å². The van der Waals surface area contributed by atoms with Gasteiger partial charge >= 0.3 is 6.03 Å². The van der Waals surface area contributed by atoms with E-state index in [9.17, 15) is 9.18 Å². The molecule has 6 nitrogen and oxygen atoms in total. The van der Waals surface area contributed by atoms with Crippen LogP contribution in [0.3, 0.4) is 0 Å². The summed E-state index contributed by atoms with van der Waals surface area (Å²) in [6.45, 7) is 4.97. The van der Waals surface area contributed by atoms with Crippen LogP contribution in [0.5, 0.6) is 0 Å². The van der Waals surface area contributed by atoms with Crippen LogP contribution in [0.15, 0.2) is 34.2 Å². The molecule has 2 aromatic heterocycles. The quantitative estimate of drug-likeness (QED) is 0.674. The highest BCUT2D eigenvalue weighted by Gasteiger charge is 2.27. The number of aryl methyl sites for hydroxylation is 1. The molecule has 2 amide bonds. The Hall–Kier alpha value is -2.74. The molecule has 0 radical (unpaired) electrons. The molecule has 1 aromatic carbocycles. The van der Waals surface area contributed by atoms with Crippen molar-refractivity contribution < 1.29 is 13.7 Å². The van der Waals surface area contributed by atoms with E-state index in [1.165, 1.54) is 6.07 Å². The van der Waals surface area contributed by atoms with Crippen LogP contribution < -0.4 is 5.32 Å². The zero-order valence-electron chi connectivity index (χ0n) is 15.7. The Morgan fingerprint density at radius 3 is 2.71 bits per heavy atom. The van der Waals surface area contributed by atoms with Crippen molar-refractivity contribution in [1.82, 2.24) is 15.0 Å². The highest BCUT2D eigenvalue weighted by atomic mass is 32.1. The maximum absolute atomic E-state index is 14.0. The van der Waals surface area contributed by atoms with Gasteiger partial charge in [0, 0.05) is 35.5 Å². The van der Waals surface area contributed by atoms with E-state index < -0.39 is 0 Å². The fourth-order valence-electron chi connectivity index (χ4n) is 3.31. The van der Waals surface area contributed by atoms with Crippen LogP contribution in [0.25, 0.3) is 11.3 Å². The number of urea groups is 1. The number of nitrogens with zero attached hydrogens (tertiary/aromatic N) is 3. The Balaban J connectivity index is 1.37. The van der Waals surface area contributed by atoms with E-state index in [-0.39, 0.29) is 17.8 Å². The summed E-state index contributed by atoms with van der Waals surface area (Å²) in [7, 11) is 0. The van der Waals surface area contributed by atoms with E-state index in [0.717, 1.165) is 29.1 Å². The molecule has 0 aliphatic carbocycles. The molecule has 4 rings (SSSR count). The number of amides is 2. The maximum atomic E-state index is 14.0. The summed E-state index contributed by atoms with van der Waals surface area (Å²) in [5, 5.41) is 9.55. The number of likely N-dealkylation sites (tertiary alicyclic amines) is 1. The lowest BCUT2D eigenvalue weighted by Crippen LogP contribution is -2.40. The van der Waals surface area contributed by atoms with Crippen molar-refractivity contribution in [3.63, 3.8) is 0 Å². The largest absolute Gasteiger partial charge is 0.338 e. The summed E-state index contributed by atoms with van der Waals surface area (Å²) in [6.07, 6.45) is 1.65. The van der Waals surface area contributed by atoms with Gasteiger partial charge in [-0.05, 0) is 38.8 Å². The third-order valence-corrected chi connectivity index (χ3v) is 6.19. The van der Waals surface area contributed by atoms with Gasteiger partial charge < -0.3 is 9.42 Å². The van der Waals surface area contributed by atoms with Gasteiger partial charge in [0.05, 0.1) is 16.4 Å². The highest BCUT2D eigenvalue weighted by molar-refractivity contribution is 7.10. The van der Waals surface area contributed by atoms with E-state index in [2.05, 4.69) is 15.5 Å². The van der Waals surface area contributed by atoms with Gasteiger partial charge in [0.2, 0.25) is 5.88 Å². The molecule has 1 aliphatic rings. The number of carbonyl (C=O) groups excluding carboxylic acids is 1. The van der Waals surface area contributed by atoms with Gasteiger partial charge in [-0.15, -0.1) is 11.3 Å². The van der Waals surface area contributed by atoms with Gasteiger partial charge in [-0.1, -0.05) is 17.3 Å². The molecule has 0 spiro atoms. The Morgan fingerprint density at radius 1 is 1.29 bits per heavy atom. The van der Waals surface area contributed by atoms with Crippen LogP contribution in [-0.4, -0.2) is 34.2 Å². The molecule has 0 bridgehead atoms. The lowest BCUT2D eigenvalue weighted by Gasteiger charge is -2.30. The topological polar surface area (TPSA) is 71.3 Å². The summed E-state index contributed by atoms with van der Waals surface area (Å²) in [5.41, 5.74) is 2.81. The number of piperidine rings is 1. The molecule has 1 aliphatic heterocycles. The first-order chi connectivity index (χ1) is 13.5. The van der Waals surface area contributed by atoms with Crippen molar-refractivity contribution in [2.75, 3.05) is 18.4 Å². The number of nitrogens with one attached hydrogen (secondary N) is 1. The first-order valence-electron chi connectivity index (χ1n) is 9.22. The standard InChI is InChI=1S/C20H21FN4O2S/c1-12-13(2)24-27-18(12)23-20(26)25-9-7-14(8-10-25)19-22-17(11-28-19)15-5-3-4-6-16(15)21/h3-6,11,14H,7-10H2,1-2H3,(H,23,26). The Labute approximate surface area is 166 Å². The fraction of sp³-hybridized carbons (Fsp3) is 0.350. The van der Waals surface area contributed by atoms with Crippen LogP contribution in [0.4, 0.5) is 15.1 Å². The van der Waals surface area contributed by atoms with Crippen LogP contribution in [-0.2, 0) is 0 Å². The second-order valence-electron chi connectivity index (χ2n) is 6.96. The summed E-state index contributed by atoms with van der Waals surface area (Å²) < 4.78 is 19.1. The van der Waals surface area contributed by atoms with Crippen molar-refractivity contribution in [3.8, 4) is 11.3 Å². The van der Waals surface area contributed by atoms with Crippen LogP contribution in [0.1, 0.15) is 35.0 Å². The number of halogens is 1. The minimum Gasteiger partial charge on any atom is -0.338 e. The van der Waals surface area contributed by atoms with Crippen molar-refractivity contribution in [3.05, 3.63) is 51.7 Å². The molecular weight excluding hydrogens is 379 g/mol. The SMILES string of the molecule is Cc1noc(NC(=O)N2CCC(c3nc(-c4ccccc4F)cs3)CC2)c1C. The lowest BCUT2D eigenvalue weighted by atomic mass is 9.98. The molecule has 0 unspecified atom stereocenters. The average molecular weight is 400 g/mol. The maximum Gasteiger partial charge on any atom is 0.324 e. The molecule has 0 saturated carbocycles. The molecular formula is C20H21FN4O2S. The summed E-state index contributed by atoms with van der Waals surface area (Å²) >= 11 is 1.56. The summed E-state index contributed by atoms with van der Waals surface area (Å²) in [5.74, 6) is 0.423. The number of aromatic nitrogens is 2. The van der Waals surface area contributed by atoms with E-state index in [1.807, 2.05) is 25.3 Å². The fourth-order valence-corrected chi connectivity index (χ4v) is 4.30.